The van der Waals surface area contributed by atoms with E-state index in [0.717, 1.165) is 18.5 Å². The highest BCUT2D eigenvalue weighted by atomic mass is 32.2. The van der Waals surface area contributed by atoms with E-state index in [0.29, 0.717) is 22.2 Å². The van der Waals surface area contributed by atoms with Crippen molar-refractivity contribution in [3.8, 4) is 0 Å². The molecule has 0 atom stereocenters. The molecule has 0 aliphatic rings. The summed E-state index contributed by atoms with van der Waals surface area (Å²) in [6.45, 7) is 6.74. The number of aliphatic carboxylic acids is 1. The van der Waals surface area contributed by atoms with Gasteiger partial charge in [-0.1, -0.05) is 25.6 Å². The molecule has 0 fully saturated rings. The second kappa shape index (κ2) is 6.47. The Morgan fingerprint density at radius 3 is 2.81 bits per heavy atom. The Hall–Kier alpha value is -1.56. The molecule has 114 valence electrons. The number of aromatic nitrogens is 2. The Labute approximate surface area is 127 Å². The van der Waals surface area contributed by atoms with Gasteiger partial charge in [0.1, 0.15) is 5.82 Å². The van der Waals surface area contributed by atoms with E-state index in [2.05, 4.69) is 18.8 Å². The average molecular weight is 310 g/mol. The first-order valence-electron chi connectivity index (χ1n) is 6.89. The number of nitrogens with zero attached hydrogens (tertiary/aromatic N) is 2. The number of thioether (sulfide) groups is 1. The summed E-state index contributed by atoms with van der Waals surface area (Å²) in [6, 6.07) is 3.20. The predicted octanol–water partition coefficient (Wildman–Crippen LogP) is 3.71. The van der Waals surface area contributed by atoms with Crippen LogP contribution in [0.25, 0.3) is 11.0 Å². The number of carbonyl (C=O) groups is 1. The molecule has 0 radical (unpaired) electrons. The number of fused-ring (bicyclic) bond motifs is 1. The zero-order valence-corrected chi connectivity index (χ0v) is 13.2. The fourth-order valence-corrected chi connectivity index (χ4v) is 2.83. The SMILES string of the molecule is Cc1cc2c(cc1F)nc(SCC(=O)O)n2CCC(C)C. The van der Waals surface area contributed by atoms with Crippen molar-refractivity contribution in [1.82, 2.24) is 9.55 Å². The van der Waals surface area contributed by atoms with Crippen LogP contribution < -0.4 is 0 Å². The molecule has 0 bridgehead atoms. The molecule has 0 unspecified atom stereocenters. The molecule has 4 nitrogen and oxygen atoms in total. The molecule has 6 heteroatoms. The lowest BCUT2D eigenvalue weighted by Crippen LogP contribution is -2.05. The zero-order chi connectivity index (χ0) is 15.6. The van der Waals surface area contributed by atoms with Crippen LogP contribution in [0.4, 0.5) is 4.39 Å². The Morgan fingerprint density at radius 1 is 1.48 bits per heavy atom. The van der Waals surface area contributed by atoms with Gasteiger partial charge in [0.05, 0.1) is 16.8 Å². The number of aryl methyl sites for hydroxylation is 2. The van der Waals surface area contributed by atoms with Gasteiger partial charge in [-0.15, -0.1) is 0 Å². The summed E-state index contributed by atoms with van der Waals surface area (Å²) in [5.74, 6) is -0.691. The van der Waals surface area contributed by atoms with Crippen molar-refractivity contribution in [3.63, 3.8) is 0 Å². The molecule has 2 aromatic rings. The summed E-state index contributed by atoms with van der Waals surface area (Å²) in [5.41, 5.74) is 2.01. The second-order valence-electron chi connectivity index (χ2n) is 5.50. The number of carboxylic acid groups (broad SMARTS) is 1. The quantitative estimate of drug-likeness (QED) is 0.826. The molecule has 1 aromatic carbocycles. The van der Waals surface area contributed by atoms with Gasteiger partial charge in [0, 0.05) is 12.6 Å². The lowest BCUT2D eigenvalue weighted by atomic mass is 10.1. The van der Waals surface area contributed by atoms with Crippen molar-refractivity contribution in [2.24, 2.45) is 5.92 Å². The second-order valence-corrected chi connectivity index (χ2v) is 6.44. The maximum Gasteiger partial charge on any atom is 0.313 e. The standard InChI is InChI=1S/C15H19FN2O2S/c1-9(2)4-5-18-13-6-10(3)11(16)7-12(13)17-15(18)21-8-14(19)20/h6-7,9H,4-5,8H2,1-3H3,(H,19,20). The third-order valence-electron chi connectivity index (χ3n) is 3.25. The van der Waals surface area contributed by atoms with Gasteiger partial charge < -0.3 is 9.67 Å². The highest BCUT2D eigenvalue weighted by Crippen LogP contribution is 2.27. The number of benzene rings is 1. The third-order valence-corrected chi connectivity index (χ3v) is 4.21. The first-order valence-corrected chi connectivity index (χ1v) is 7.88. The van der Waals surface area contributed by atoms with Crippen molar-refractivity contribution in [2.45, 2.75) is 38.9 Å². The highest BCUT2D eigenvalue weighted by molar-refractivity contribution is 7.99. The Bertz CT molecular complexity index is 667. The number of hydrogen-bond donors (Lipinski definition) is 1. The molecule has 0 saturated carbocycles. The molecule has 1 aromatic heterocycles. The minimum atomic E-state index is -0.884. The van der Waals surface area contributed by atoms with Gasteiger partial charge in [0.15, 0.2) is 5.16 Å². The van der Waals surface area contributed by atoms with Crippen molar-refractivity contribution in [2.75, 3.05) is 5.75 Å². The van der Waals surface area contributed by atoms with Crippen LogP contribution in [-0.2, 0) is 11.3 Å². The van der Waals surface area contributed by atoms with Crippen LogP contribution in [0.1, 0.15) is 25.8 Å². The molecule has 2 rings (SSSR count). The lowest BCUT2D eigenvalue weighted by molar-refractivity contribution is -0.133. The van der Waals surface area contributed by atoms with E-state index >= 15 is 0 Å². The normalized spacial score (nSPS) is 11.5. The molecule has 1 N–H and O–H groups in total. The Kier molecular flexibility index (Phi) is 4.88. The maximum absolute atomic E-state index is 13.7. The van der Waals surface area contributed by atoms with Crippen LogP contribution in [0.3, 0.4) is 0 Å². The summed E-state index contributed by atoms with van der Waals surface area (Å²) in [4.78, 5) is 15.1. The van der Waals surface area contributed by atoms with E-state index in [-0.39, 0.29) is 11.6 Å². The van der Waals surface area contributed by atoms with E-state index in [1.165, 1.54) is 17.8 Å². The van der Waals surface area contributed by atoms with Crippen molar-refractivity contribution >= 4 is 28.8 Å². The van der Waals surface area contributed by atoms with Gasteiger partial charge in [0.2, 0.25) is 0 Å². The number of hydrogen-bond acceptors (Lipinski definition) is 3. The number of carboxylic acids is 1. The minimum Gasteiger partial charge on any atom is -0.481 e. The first kappa shape index (κ1) is 15.8. The number of halogens is 1. The maximum atomic E-state index is 13.7. The van der Waals surface area contributed by atoms with Gasteiger partial charge in [-0.25, -0.2) is 9.37 Å². The molecule has 0 amide bonds. The molecular formula is C15H19FN2O2S. The van der Waals surface area contributed by atoms with Crippen LogP contribution in [0.15, 0.2) is 17.3 Å². The van der Waals surface area contributed by atoms with E-state index in [4.69, 9.17) is 5.11 Å². The smallest absolute Gasteiger partial charge is 0.313 e. The van der Waals surface area contributed by atoms with E-state index < -0.39 is 5.97 Å². The fraction of sp³-hybridized carbons (Fsp3) is 0.467. The average Bonchev–Trinajstić information content (AvgIpc) is 2.71. The summed E-state index contributed by atoms with van der Waals surface area (Å²) in [5, 5.41) is 9.47. The zero-order valence-electron chi connectivity index (χ0n) is 12.4. The highest BCUT2D eigenvalue weighted by Gasteiger charge is 2.15. The third kappa shape index (κ3) is 3.75. The van der Waals surface area contributed by atoms with E-state index in [9.17, 15) is 9.18 Å². The van der Waals surface area contributed by atoms with Crippen molar-refractivity contribution < 1.29 is 14.3 Å². The predicted molar refractivity (Wildman–Crippen MR) is 82.2 cm³/mol. The topological polar surface area (TPSA) is 55.1 Å². The summed E-state index contributed by atoms with van der Waals surface area (Å²) < 4.78 is 15.7. The van der Waals surface area contributed by atoms with E-state index in [1.54, 1.807) is 13.0 Å². The summed E-state index contributed by atoms with van der Waals surface area (Å²) >= 11 is 1.17. The largest absolute Gasteiger partial charge is 0.481 e. The number of imidazole rings is 1. The van der Waals surface area contributed by atoms with Gasteiger partial charge in [-0.2, -0.15) is 0 Å². The first-order chi connectivity index (χ1) is 9.88. The number of rotatable bonds is 6. The van der Waals surface area contributed by atoms with Gasteiger partial charge in [0.25, 0.3) is 0 Å². The Balaban J connectivity index is 2.43. The molecule has 0 saturated heterocycles. The van der Waals surface area contributed by atoms with Crippen LogP contribution in [0.2, 0.25) is 0 Å². The van der Waals surface area contributed by atoms with Crippen LogP contribution in [0.5, 0.6) is 0 Å². The summed E-state index contributed by atoms with van der Waals surface area (Å²) in [7, 11) is 0. The molecule has 0 spiro atoms. The van der Waals surface area contributed by atoms with Gasteiger partial charge in [-0.3, -0.25) is 4.79 Å². The molecule has 0 aliphatic carbocycles. The van der Waals surface area contributed by atoms with Gasteiger partial charge in [-0.05, 0) is 30.9 Å². The monoisotopic (exact) mass is 310 g/mol. The van der Waals surface area contributed by atoms with Crippen LogP contribution in [0, 0.1) is 18.7 Å². The Morgan fingerprint density at radius 2 is 2.19 bits per heavy atom. The van der Waals surface area contributed by atoms with Gasteiger partial charge >= 0.3 is 5.97 Å². The van der Waals surface area contributed by atoms with Crippen molar-refractivity contribution in [3.05, 3.63) is 23.5 Å². The van der Waals surface area contributed by atoms with Crippen LogP contribution >= 0.6 is 11.8 Å². The molecule has 0 aliphatic heterocycles. The molecule has 21 heavy (non-hydrogen) atoms. The molecule has 1 heterocycles. The van der Waals surface area contributed by atoms with Crippen molar-refractivity contribution in [1.29, 1.82) is 0 Å². The van der Waals surface area contributed by atoms with E-state index in [1.807, 2.05) is 4.57 Å². The lowest BCUT2D eigenvalue weighted by Gasteiger charge is -2.10. The summed E-state index contributed by atoms with van der Waals surface area (Å²) in [6.07, 6.45) is 0.961. The minimum absolute atomic E-state index is 0.0491. The molecular weight excluding hydrogens is 291 g/mol. The fourth-order valence-electron chi connectivity index (χ4n) is 2.07. The van der Waals surface area contributed by atoms with Crippen LogP contribution in [-0.4, -0.2) is 26.4 Å².